The van der Waals surface area contributed by atoms with Crippen LogP contribution in [0.1, 0.15) is 22.3 Å². The van der Waals surface area contributed by atoms with Crippen LogP contribution in [0.15, 0.2) is 76.6 Å². The lowest BCUT2D eigenvalue weighted by Gasteiger charge is -2.11. The van der Waals surface area contributed by atoms with Crippen LogP contribution in [-0.2, 0) is 11.4 Å². The van der Waals surface area contributed by atoms with E-state index in [1.807, 2.05) is 67.6 Å². The molecule has 0 unspecified atom stereocenters. The van der Waals surface area contributed by atoms with E-state index < -0.39 is 0 Å². The number of nitrogens with zero attached hydrogens (tertiary/aromatic N) is 1. The van der Waals surface area contributed by atoms with Crippen molar-refractivity contribution < 1.29 is 14.3 Å². The fourth-order valence-electron chi connectivity index (χ4n) is 3.11. The molecule has 5 nitrogen and oxygen atoms in total. The number of nitrogens with one attached hydrogen (secondary N) is 1. The van der Waals surface area contributed by atoms with Gasteiger partial charge in [0.15, 0.2) is 16.7 Å². The molecular weight excluding hydrogens is 420 g/mol. The van der Waals surface area contributed by atoms with Gasteiger partial charge in [-0.05, 0) is 67.1 Å². The maximum Gasteiger partial charge on any atom is 0.264 e. The number of thioether (sulfide) groups is 1. The molecule has 1 fully saturated rings. The second kappa shape index (κ2) is 9.75. The molecule has 1 amide bonds. The van der Waals surface area contributed by atoms with Gasteiger partial charge in [0.05, 0.1) is 17.7 Å². The predicted molar refractivity (Wildman–Crippen MR) is 130 cm³/mol. The summed E-state index contributed by atoms with van der Waals surface area (Å²) in [6.07, 6.45) is 1.82. The number of aliphatic imine (C=N–C) groups is 1. The van der Waals surface area contributed by atoms with Gasteiger partial charge in [-0.1, -0.05) is 53.6 Å². The summed E-state index contributed by atoms with van der Waals surface area (Å²) in [4.78, 5) is 17.5. The van der Waals surface area contributed by atoms with Crippen LogP contribution in [0.2, 0.25) is 0 Å². The van der Waals surface area contributed by atoms with Crippen molar-refractivity contribution in [3.8, 4) is 11.5 Å². The van der Waals surface area contributed by atoms with E-state index in [9.17, 15) is 4.79 Å². The number of carbonyl (C=O) groups is 1. The summed E-state index contributed by atoms with van der Waals surface area (Å²) in [5, 5.41) is 3.38. The zero-order valence-electron chi connectivity index (χ0n) is 18.2. The third-order valence-electron chi connectivity index (χ3n) is 4.92. The zero-order chi connectivity index (χ0) is 22.5. The van der Waals surface area contributed by atoms with Crippen LogP contribution < -0.4 is 14.8 Å². The van der Waals surface area contributed by atoms with Gasteiger partial charge in [-0.15, -0.1) is 0 Å². The number of rotatable bonds is 6. The summed E-state index contributed by atoms with van der Waals surface area (Å²) in [5.41, 5.74) is 5.11. The average molecular weight is 445 g/mol. The molecule has 3 aromatic rings. The van der Waals surface area contributed by atoms with Crippen LogP contribution in [0, 0.1) is 13.8 Å². The van der Waals surface area contributed by atoms with E-state index in [-0.39, 0.29) is 5.91 Å². The third kappa shape index (κ3) is 5.39. The molecule has 0 spiro atoms. The highest BCUT2D eigenvalue weighted by Gasteiger charge is 2.24. The van der Waals surface area contributed by atoms with Crippen molar-refractivity contribution in [3.05, 3.63) is 93.9 Å². The molecule has 1 aliphatic heterocycles. The molecule has 1 saturated heterocycles. The Labute approximate surface area is 192 Å². The number of benzene rings is 3. The van der Waals surface area contributed by atoms with E-state index in [0.29, 0.717) is 28.2 Å². The molecule has 0 atom stereocenters. The van der Waals surface area contributed by atoms with Crippen LogP contribution in [-0.4, -0.2) is 18.2 Å². The molecule has 1 aliphatic rings. The molecule has 0 radical (unpaired) electrons. The molecular formula is C26H24N2O3S. The number of hydrogen-bond acceptors (Lipinski definition) is 5. The highest BCUT2D eigenvalue weighted by molar-refractivity contribution is 8.18. The minimum Gasteiger partial charge on any atom is -0.493 e. The molecule has 0 bridgehead atoms. The van der Waals surface area contributed by atoms with E-state index in [2.05, 4.69) is 29.4 Å². The fourth-order valence-corrected chi connectivity index (χ4v) is 3.95. The van der Waals surface area contributed by atoms with Crippen molar-refractivity contribution in [2.24, 2.45) is 4.99 Å². The largest absolute Gasteiger partial charge is 0.493 e. The molecule has 1 N–H and O–H groups in total. The van der Waals surface area contributed by atoms with E-state index in [1.165, 1.54) is 17.3 Å². The number of amidine groups is 1. The van der Waals surface area contributed by atoms with Gasteiger partial charge < -0.3 is 14.8 Å². The predicted octanol–water partition coefficient (Wildman–Crippen LogP) is 5.78. The Bertz CT molecular complexity index is 1180. The monoisotopic (exact) mass is 444 g/mol. The van der Waals surface area contributed by atoms with E-state index >= 15 is 0 Å². The first kappa shape index (κ1) is 21.7. The second-order valence-corrected chi connectivity index (χ2v) is 8.53. The molecule has 1 heterocycles. The van der Waals surface area contributed by atoms with Crippen molar-refractivity contribution in [3.63, 3.8) is 0 Å². The molecule has 32 heavy (non-hydrogen) atoms. The summed E-state index contributed by atoms with van der Waals surface area (Å²) in [7, 11) is 1.61. The van der Waals surface area contributed by atoms with Crippen molar-refractivity contribution in [1.82, 2.24) is 5.32 Å². The summed E-state index contributed by atoms with van der Waals surface area (Å²) in [5.74, 6) is 1.10. The molecule has 0 aromatic heterocycles. The molecule has 162 valence electrons. The van der Waals surface area contributed by atoms with Crippen LogP contribution in [0.4, 0.5) is 5.69 Å². The lowest BCUT2D eigenvalue weighted by Crippen LogP contribution is -2.19. The van der Waals surface area contributed by atoms with Gasteiger partial charge in [0.2, 0.25) is 0 Å². The summed E-state index contributed by atoms with van der Waals surface area (Å²) in [6.45, 7) is 4.53. The van der Waals surface area contributed by atoms with Crippen LogP contribution in [0.3, 0.4) is 0 Å². The van der Waals surface area contributed by atoms with Gasteiger partial charge >= 0.3 is 0 Å². The fraction of sp³-hybridized carbons (Fsp3) is 0.154. The normalized spacial score (nSPS) is 15.8. The molecule has 6 heteroatoms. The first-order valence-electron chi connectivity index (χ1n) is 10.2. The van der Waals surface area contributed by atoms with Crippen molar-refractivity contribution >= 4 is 34.6 Å². The van der Waals surface area contributed by atoms with E-state index in [4.69, 9.17) is 9.47 Å². The first-order valence-corrected chi connectivity index (χ1v) is 11.0. The Balaban J connectivity index is 1.47. The third-order valence-corrected chi connectivity index (χ3v) is 5.83. The van der Waals surface area contributed by atoms with E-state index in [0.717, 1.165) is 22.4 Å². The maximum atomic E-state index is 12.4. The zero-order valence-corrected chi connectivity index (χ0v) is 19.0. The van der Waals surface area contributed by atoms with Gasteiger partial charge in [0, 0.05) is 0 Å². The number of methoxy groups -OCH3 is 1. The lowest BCUT2D eigenvalue weighted by atomic mass is 10.1. The highest BCUT2D eigenvalue weighted by Crippen LogP contribution is 2.32. The lowest BCUT2D eigenvalue weighted by molar-refractivity contribution is -0.115. The van der Waals surface area contributed by atoms with Crippen molar-refractivity contribution in [2.75, 3.05) is 7.11 Å². The van der Waals surface area contributed by atoms with Crippen molar-refractivity contribution in [2.45, 2.75) is 20.5 Å². The van der Waals surface area contributed by atoms with E-state index in [1.54, 1.807) is 7.11 Å². The SMILES string of the molecule is COc1cc(/C=C2\SC(=Nc3ccc(C)cc3)NC2=O)ccc1OCc1ccc(C)cc1. The van der Waals surface area contributed by atoms with Crippen LogP contribution in [0.25, 0.3) is 6.08 Å². The van der Waals surface area contributed by atoms with Gasteiger partial charge in [-0.25, -0.2) is 4.99 Å². The quantitative estimate of drug-likeness (QED) is 0.490. The minimum atomic E-state index is -0.167. The Morgan fingerprint density at radius 1 is 0.938 bits per heavy atom. The topological polar surface area (TPSA) is 59.9 Å². The maximum absolute atomic E-state index is 12.4. The molecule has 3 aromatic carbocycles. The number of ether oxygens (including phenoxy) is 2. The second-order valence-electron chi connectivity index (χ2n) is 7.50. The summed E-state index contributed by atoms with van der Waals surface area (Å²) in [6, 6.07) is 21.7. The first-order chi connectivity index (χ1) is 15.5. The van der Waals surface area contributed by atoms with Gasteiger partial charge in [-0.2, -0.15) is 0 Å². The van der Waals surface area contributed by atoms with Crippen LogP contribution in [0.5, 0.6) is 11.5 Å². The summed E-state index contributed by atoms with van der Waals surface area (Å²) < 4.78 is 11.5. The molecule has 0 aliphatic carbocycles. The Morgan fingerprint density at radius 2 is 1.62 bits per heavy atom. The van der Waals surface area contributed by atoms with Gasteiger partial charge in [0.1, 0.15) is 6.61 Å². The Kier molecular flexibility index (Phi) is 6.61. The highest BCUT2D eigenvalue weighted by atomic mass is 32.2. The van der Waals surface area contributed by atoms with Crippen LogP contribution >= 0.6 is 11.8 Å². The number of aryl methyl sites for hydroxylation is 2. The molecule has 0 saturated carbocycles. The molecule has 4 rings (SSSR count). The standard InChI is InChI=1S/C26H24N2O3S/c1-17-4-8-19(9-5-17)16-31-22-13-10-20(14-23(22)30-3)15-24-25(29)28-26(32-24)27-21-11-6-18(2)7-12-21/h4-15H,16H2,1-3H3,(H,27,28,29)/b24-15-. The summed E-state index contributed by atoms with van der Waals surface area (Å²) >= 11 is 1.32. The van der Waals surface area contributed by atoms with Crippen molar-refractivity contribution in [1.29, 1.82) is 0 Å². The van der Waals surface area contributed by atoms with Gasteiger partial charge in [0.25, 0.3) is 5.91 Å². The minimum absolute atomic E-state index is 0.167. The number of amides is 1. The Morgan fingerprint density at radius 3 is 2.31 bits per heavy atom. The number of hydrogen-bond donors (Lipinski definition) is 1. The Hall–Kier alpha value is -3.51. The number of carbonyl (C=O) groups excluding carboxylic acids is 1. The van der Waals surface area contributed by atoms with Gasteiger partial charge in [-0.3, -0.25) is 4.79 Å². The smallest absolute Gasteiger partial charge is 0.264 e. The average Bonchev–Trinajstić information content (AvgIpc) is 3.13.